The van der Waals surface area contributed by atoms with E-state index in [9.17, 15) is 4.79 Å². The average Bonchev–Trinajstić information content (AvgIpc) is 3.28. The molecule has 3 aromatic carbocycles. The molecule has 0 radical (unpaired) electrons. The molecule has 0 unspecified atom stereocenters. The summed E-state index contributed by atoms with van der Waals surface area (Å²) >= 11 is 0. The highest BCUT2D eigenvalue weighted by atomic mass is 16.1. The van der Waals surface area contributed by atoms with Crippen LogP contribution in [0, 0.1) is 13.8 Å². The maximum absolute atomic E-state index is 12.9. The van der Waals surface area contributed by atoms with Crippen LogP contribution >= 0.6 is 0 Å². The number of hydrogen-bond donors (Lipinski definition) is 1. The first kappa shape index (κ1) is 17.7. The predicted molar refractivity (Wildman–Crippen MR) is 117 cm³/mol. The van der Waals surface area contributed by atoms with Crippen molar-refractivity contribution in [3.8, 4) is 5.69 Å². The Balaban J connectivity index is 1.43. The molecule has 4 nitrogen and oxygen atoms in total. The fourth-order valence-electron chi connectivity index (χ4n) is 4.46. The second-order valence-electron chi connectivity index (χ2n) is 7.73. The molecule has 1 heterocycles. The van der Waals surface area contributed by atoms with E-state index >= 15 is 0 Å². The smallest absolute Gasteiger partial charge is 0.228 e. The van der Waals surface area contributed by atoms with Crippen LogP contribution in [-0.4, -0.2) is 15.7 Å². The van der Waals surface area contributed by atoms with E-state index in [-0.39, 0.29) is 5.91 Å². The highest BCUT2D eigenvalue weighted by molar-refractivity contribution is 6.05. The van der Waals surface area contributed by atoms with Gasteiger partial charge in [0.05, 0.1) is 17.8 Å². The molecule has 144 valence electrons. The first-order valence-electron chi connectivity index (χ1n) is 10.1. The van der Waals surface area contributed by atoms with Gasteiger partial charge in [-0.3, -0.25) is 4.79 Å². The lowest BCUT2D eigenvalue weighted by molar-refractivity contribution is -0.115. The predicted octanol–water partition coefficient (Wildman–Crippen LogP) is 4.92. The van der Waals surface area contributed by atoms with Crippen molar-refractivity contribution in [1.82, 2.24) is 9.78 Å². The van der Waals surface area contributed by atoms with Gasteiger partial charge in [-0.25, -0.2) is 4.68 Å². The van der Waals surface area contributed by atoms with Crippen molar-refractivity contribution >= 4 is 22.4 Å². The summed E-state index contributed by atoms with van der Waals surface area (Å²) in [5, 5.41) is 10.3. The number of anilines is 1. The van der Waals surface area contributed by atoms with Gasteiger partial charge in [-0.15, -0.1) is 0 Å². The van der Waals surface area contributed by atoms with E-state index in [0.29, 0.717) is 6.42 Å². The zero-order chi connectivity index (χ0) is 20.0. The fourth-order valence-corrected chi connectivity index (χ4v) is 4.46. The van der Waals surface area contributed by atoms with Crippen LogP contribution in [0.4, 0.5) is 5.69 Å². The summed E-state index contributed by atoms with van der Waals surface area (Å²) < 4.78 is 1.91. The molecular weight excluding hydrogens is 358 g/mol. The van der Waals surface area contributed by atoms with Crippen molar-refractivity contribution < 1.29 is 4.79 Å². The molecule has 0 fully saturated rings. The standard InChI is InChI=1S/C25H23N3O/c1-16-22(17(2)28(27-16)20-8-4-3-5-9-20)15-24(29)26-23-14-13-19-12-11-18-7-6-10-21(23)25(18)19/h3-10,13-14H,11-12,15H2,1-2H3,(H,26,29). The van der Waals surface area contributed by atoms with E-state index < -0.39 is 0 Å². The Bertz CT molecular complexity index is 1230. The molecular formula is C25H23N3O. The molecule has 1 amide bonds. The van der Waals surface area contributed by atoms with Crippen LogP contribution < -0.4 is 5.32 Å². The van der Waals surface area contributed by atoms with Crippen molar-refractivity contribution in [3.05, 3.63) is 88.7 Å². The van der Waals surface area contributed by atoms with Gasteiger partial charge < -0.3 is 5.32 Å². The van der Waals surface area contributed by atoms with E-state index in [1.54, 1.807) is 0 Å². The van der Waals surface area contributed by atoms with Gasteiger partial charge in [0.2, 0.25) is 5.91 Å². The Morgan fingerprint density at radius 2 is 1.72 bits per heavy atom. The van der Waals surface area contributed by atoms with E-state index in [0.717, 1.165) is 46.6 Å². The number of amides is 1. The number of carbonyl (C=O) groups excluding carboxylic acids is 1. The first-order chi connectivity index (χ1) is 14.1. The normalized spacial score (nSPS) is 12.5. The third-order valence-corrected chi connectivity index (χ3v) is 5.93. The lowest BCUT2D eigenvalue weighted by Crippen LogP contribution is -2.15. The van der Waals surface area contributed by atoms with Crippen molar-refractivity contribution in [2.24, 2.45) is 0 Å². The number of aryl methyl sites for hydroxylation is 3. The van der Waals surface area contributed by atoms with Crippen molar-refractivity contribution in [2.45, 2.75) is 33.1 Å². The number of hydrogen-bond acceptors (Lipinski definition) is 2. The maximum atomic E-state index is 12.9. The summed E-state index contributed by atoms with van der Waals surface area (Å²) in [7, 11) is 0. The zero-order valence-corrected chi connectivity index (χ0v) is 16.7. The minimum Gasteiger partial charge on any atom is -0.325 e. The number of nitrogens with zero attached hydrogens (tertiary/aromatic N) is 2. The third-order valence-electron chi connectivity index (χ3n) is 5.93. The van der Waals surface area contributed by atoms with Gasteiger partial charge in [-0.2, -0.15) is 5.10 Å². The molecule has 29 heavy (non-hydrogen) atoms. The van der Waals surface area contributed by atoms with Gasteiger partial charge in [0, 0.05) is 22.3 Å². The number of para-hydroxylation sites is 1. The summed E-state index contributed by atoms with van der Waals surface area (Å²) in [4.78, 5) is 12.9. The monoisotopic (exact) mass is 381 g/mol. The second-order valence-corrected chi connectivity index (χ2v) is 7.73. The lowest BCUT2D eigenvalue weighted by Gasteiger charge is -2.11. The number of carbonyl (C=O) groups is 1. The summed E-state index contributed by atoms with van der Waals surface area (Å²) in [6.45, 7) is 3.99. The van der Waals surface area contributed by atoms with Crippen LogP contribution in [0.1, 0.15) is 28.1 Å². The van der Waals surface area contributed by atoms with Crippen LogP contribution in [0.2, 0.25) is 0 Å². The maximum Gasteiger partial charge on any atom is 0.228 e. The molecule has 0 saturated heterocycles. The van der Waals surface area contributed by atoms with Gasteiger partial charge in [0.25, 0.3) is 0 Å². The second kappa shape index (κ2) is 6.89. The molecule has 0 bridgehead atoms. The summed E-state index contributed by atoms with van der Waals surface area (Å²) in [6, 6.07) is 20.6. The number of benzene rings is 3. The molecule has 4 heteroatoms. The number of aromatic nitrogens is 2. The number of rotatable bonds is 4. The van der Waals surface area contributed by atoms with Crippen molar-refractivity contribution in [1.29, 1.82) is 0 Å². The highest BCUT2D eigenvalue weighted by Gasteiger charge is 2.19. The Morgan fingerprint density at radius 1 is 0.966 bits per heavy atom. The minimum absolute atomic E-state index is 0.0116. The van der Waals surface area contributed by atoms with Gasteiger partial charge in [0.15, 0.2) is 0 Å². The van der Waals surface area contributed by atoms with Gasteiger partial charge >= 0.3 is 0 Å². The largest absolute Gasteiger partial charge is 0.325 e. The van der Waals surface area contributed by atoms with E-state index in [2.05, 4.69) is 34.7 Å². The summed E-state index contributed by atoms with van der Waals surface area (Å²) in [5.41, 5.74) is 7.54. The highest BCUT2D eigenvalue weighted by Crippen LogP contribution is 2.35. The topological polar surface area (TPSA) is 46.9 Å². The molecule has 0 atom stereocenters. The molecule has 0 saturated carbocycles. The van der Waals surface area contributed by atoms with E-state index in [4.69, 9.17) is 0 Å². The molecule has 1 aliphatic rings. The molecule has 0 spiro atoms. The van der Waals surface area contributed by atoms with Crippen molar-refractivity contribution in [2.75, 3.05) is 5.32 Å². The average molecular weight is 381 g/mol. The summed E-state index contributed by atoms with van der Waals surface area (Å²) in [6.07, 6.45) is 2.48. The van der Waals surface area contributed by atoms with E-state index in [1.165, 1.54) is 16.5 Å². The van der Waals surface area contributed by atoms with Gasteiger partial charge in [-0.05, 0) is 61.4 Å². The quantitative estimate of drug-likeness (QED) is 0.545. The number of nitrogens with one attached hydrogen (secondary N) is 1. The van der Waals surface area contributed by atoms with Crippen LogP contribution in [0.25, 0.3) is 16.5 Å². The molecule has 1 N–H and O–H groups in total. The van der Waals surface area contributed by atoms with Gasteiger partial charge in [0.1, 0.15) is 0 Å². The van der Waals surface area contributed by atoms with Crippen LogP contribution in [-0.2, 0) is 24.1 Å². The molecule has 4 aromatic rings. The SMILES string of the molecule is Cc1nn(-c2ccccc2)c(C)c1CC(=O)Nc1ccc2c3c(cccc13)CC2. The molecule has 1 aliphatic carbocycles. The first-order valence-corrected chi connectivity index (χ1v) is 10.1. The zero-order valence-electron chi connectivity index (χ0n) is 16.7. The molecule has 0 aliphatic heterocycles. The third kappa shape index (κ3) is 3.01. The Hall–Kier alpha value is -3.40. The van der Waals surface area contributed by atoms with Crippen LogP contribution in [0.5, 0.6) is 0 Å². The fraction of sp³-hybridized carbons (Fsp3) is 0.200. The Morgan fingerprint density at radius 3 is 2.52 bits per heavy atom. The van der Waals surface area contributed by atoms with Crippen LogP contribution in [0.15, 0.2) is 60.7 Å². The minimum atomic E-state index is -0.0116. The molecule has 1 aromatic heterocycles. The Kier molecular flexibility index (Phi) is 4.20. The van der Waals surface area contributed by atoms with E-state index in [1.807, 2.05) is 54.9 Å². The summed E-state index contributed by atoms with van der Waals surface area (Å²) in [5.74, 6) is -0.0116. The molecule has 5 rings (SSSR count). The Labute approximate surface area is 170 Å². The van der Waals surface area contributed by atoms with Gasteiger partial charge in [-0.1, -0.05) is 42.5 Å². The van der Waals surface area contributed by atoms with Crippen LogP contribution in [0.3, 0.4) is 0 Å². The lowest BCUT2D eigenvalue weighted by atomic mass is 10.0. The van der Waals surface area contributed by atoms with Crippen molar-refractivity contribution in [3.63, 3.8) is 0 Å².